The summed E-state index contributed by atoms with van der Waals surface area (Å²) in [6.45, 7) is 5.13. The zero-order valence-electron chi connectivity index (χ0n) is 11.2. The fourth-order valence-corrected chi connectivity index (χ4v) is 1.57. The first kappa shape index (κ1) is 15.4. The van der Waals surface area contributed by atoms with E-state index in [4.69, 9.17) is 11.6 Å². The third-order valence-electron chi connectivity index (χ3n) is 2.93. The standard InChI is InChI=1S/C12H16ClN3O3/c1-7-5-10(16(18)19)8(13)6-9(7)15-11(17)12(2,3)14-4/h5-6,14H,1-4H3,(H,15,17). The van der Waals surface area contributed by atoms with Gasteiger partial charge in [-0.15, -0.1) is 0 Å². The van der Waals surface area contributed by atoms with E-state index in [1.807, 2.05) is 0 Å². The van der Waals surface area contributed by atoms with E-state index in [0.29, 0.717) is 11.3 Å². The van der Waals surface area contributed by atoms with Gasteiger partial charge in [-0.2, -0.15) is 0 Å². The van der Waals surface area contributed by atoms with Crippen molar-refractivity contribution in [1.82, 2.24) is 5.32 Å². The molecule has 1 amide bonds. The monoisotopic (exact) mass is 285 g/mol. The molecule has 1 rings (SSSR count). The highest BCUT2D eigenvalue weighted by Crippen LogP contribution is 2.30. The van der Waals surface area contributed by atoms with Crippen molar-refractivity contribution in [2.24, 2.45) is 0 Å². The number of carbonyl (C=O) groups excluding carboxylic acids is 1. The minimum atomic E-state index is -0.749. The Morgan fingerprint density at radius 2 is 2.00 bits per heavy atom. The first-order valence-corrected chi connectivity index (χ1v) is 6.01. The molecule has 0 aliphatic carbocycles. The summed E-state index contributed by atoms with van der Waals surface area (Å²) in [5.74, 6) is -0.247. The molecule has 0 atom stereocenters. The third kappa shape index (κ3) is 3.42. The number of anilines is 1. The summed E-state index contributed by atoms with van der Waals surface area (Å²) in [6, 6.07) is 2.73. The number of aryl methyl sites for hydroxylation is 1. The van der Waals surface area contributed by atoms with Crippen molar-refractivity contribution in [2.75, 3.05) is 12.4 Å². The van der Waals surface area contributed by atoms with Gasteiger partial charge in [0.05, 0.1) is 10.5 Å². The first-order valence-electron chi connectivity index (χ1n) is 5.64. The zero-order valence-corrected chi connectivity index (χ0v) is 12.0. The van der Waals surface area contributed by atoms with Crippen LogP contribution in [-0.2, 0) is 4.79 Å². The molecule has 0 fully saturated rings. The normalized spacial score (nSPS) is 11.2. The maximum absolute atomic E-state index is 12.0. The Hall–Kier alpha value is -1.66. The summed E-state index contributed by atoms with van der Waals surface area (Å²) in [5.41, 5.74) is 0.117. The number of nitro benzene ring substituents is 1. The average molecular weight is 286 g/mol. The van der Waals surface area contributed by atoms with E-state index in [1.165, 1.54) is 12.1 Å². The van der Waals surface area contributed by atoms with Crippen molar-refractivity contribution >= 4 is 28.9 Å². The van der Waals surface area contributed by atoms with Crippen molar-refractivity contribution in [2.45, 2.75) is 26.3 Å². The maximum Gasteiger partial charge on any atom is 0.288 e. The van der Waals surface area contributed by atoms with Crippen molar-refractivity contribution in [3.05, 3.63) is 32.8 Å². The van der Waals surface area contributed by atoms with Gasteiger partial charge in [0.1, 0.15) is 5.02 Å². The number of benzene rings is 1. The second-order valence-electron chi connectivity index (χ2n) is 4.70. The molecule has 0 heterocycles. The molecular weight excluding hydrogens is 270 g/mol. The van der Waals surface area contributed by atoms with E-state index in [9.17, 15) is 14.9 Å². The predicted molar refractivity (Wildman–Crippen MR) is 74.6 cm³/mol. The van der Waals surface area contributed by atoms with Gasteiger partial charge in [-0.05, 0) is 39.4 Å². The number of hydrogen-bond donors (Lipinski definition) is 2. The lowest BCUT2D eigenvalue weighted by Gasteiger charge is -2.23. The Bertz CT molecular complexity index is 529. The Balaban J connectivity index is 3.08. The number of amides is 1. The number of carbonyl (C=O) groups is 1. The van der Waals surface area contributed by atoms with Crippen LogP contribution in [0.5, 0.6) is 0 Å². The number of nitrogens with one attached hydrogen (secondary N) is 2. The number of nitro groups is 1. The lowest BCUT2D eigenvalue weighted by atomic mass is 10.0. The van der Waals surface area contributed by atoms with Crippen LogP contribution >= 0.6 is 11.6 Å². The van der Waals surface area contributed by atoms with Gasteiger partial charge < -0.3 is 10.6 Å². The van der Waals surface area contributed by atoms with Gasteiger partial charge in [0, 0.05) is 11.8 Å². The van der Waals surface area contributed by atoms with Gasteiger partial charge in [0.15, 0.2) is 0 Å². The van der Waals surface area contributed by atoms with Crippen LogP contribution in [0.15, 0.2) is 12.1 Å². The number of halogens is 1. The molecule has 0 unspecified atom stereocenters. The molecule has 6 nitrogen and oxygen atoms in total. The predicted octanol–water partition coefficient (Wildman–Crippen LogP) is 2.49. The Kier molecular flexibility index (Phi) is 4.49. The van der Waals surface area contributed by atoms with Crippen molar-refractivity contribution in [1.29, 1.82) is 0 Å². The van der Waals surface area contributed by atoms with E-state index in [0.717, 1.165) is 0 Å². The van der Waals surface area contributed by atoms with Gasteiger partial charge in [-0.1, -0.05) is 11.6 Å². The van der Waals surface area contributed by atoms with Crippen LogP contribution < -0.4 is 10.6 Å². The Morgan fingerprint density at radius 1 is 1.42 bits per heavy atom. The smallest absolute Gasteiger partial charge is 0.288 e. The van der Waals surface area contributed by atoms with Crippen molar-refractivity contribution in [3.8, 4) is 0 Å². The molecule has 0 aromatic heterocycles. The molecule has 0 bridgehead atoms. The summed E-state index contributed by atoms with van der Waals surface area (Å²) in [6.07, 6.45) is 0. The molecule has 0 aliphatic rings. The van der Waals surface area contributed by atoms with Gasteiger partial charge in [-0.3, -0.25) is 14.9 Å². The fourth-order valence-electron chi connectivity index (χ4n) is 1.33. The second kappa shape index (κ2) is 5.54. The highest BCUT2D eigenvalue weighted by Gasteiger charge is 2.26. The number of likely N-dealkylation sites (N-methyl/N-ethyl adjacent to an activating group) is 1. The van der Waals surface area contributed by atoms with Crippen LogP contribution in [0.2, 0.25) is 5.02 Å². The molecular formula is C12H16ClN3O3. The fraction of sp³-hybridized carbons (Fsp3) is 0.417. The molecule has 2 N–H and O–H groups in total. The SMILES string of the molecule is CNC(C)(C)C(=O)Nc1cc(Cl)c([N+](=O)[O-])cc1C. The summed E-state index contributed by atoms with van der Waals surface area (Å²) >= 11 is 5.82. The molecule has 0 radical (unpaired) electrons. The van der Waals surface area contributed by atoms with E-state index in [-0.39, 0.29) is 16.6 Å². The molecule has 19 heavy (non-hydrogen) atoms. The molecule has 1 aromatic rings. The molecule has 7 heteroatoms. The topological polar surface area (TPSA) is 84.3 Å². The lowest BCUT2D eigenvalue weighted by molar-refractivity contribution is -0.384. The molecule has 0 spiro atoms. The van der Waals surface area contributed by atoms with Gasteiger partial charge in [0.2, 0.25) is 5.91 Å². The van der Waals surface area contributed by atoms with Crippen LogP contribution in [0, 0.1) is 17.0 Å². The Morgan fingerprint density at radius 3 is 2.47 bits per heavy atom. The molecule has 1 aromatic carbocycles. The molecule has 0 saturated carbocycles. The number of rotatable bonds is 4. The summed E-state index contributed by atoms with van der Waals surface area (Å²) < 4.78 is 0. The van der Waals surface area contributed by atoms with E-state index >= 15 is 0 Å². The Labute approximate surface area is 116 Å². The van der Waals surface area contributed by atoms with Crippen molar-refractivity contribution < 1.29 is 9.72 Å². The van der Waals surface area contributed by atoms with Crippen LogP contribution in [-0.4, -0.2) is 23.4 Å². The van der Waals surface area contributed by atoms with Crippen LogP contribution in [0.25, 0.3) is 0 Å². The minimum Gasteiger partial charge on any atom is -0.324 e. The van der Waals surface area contributed by atoms with Crippen LogP contribution in [0.3, 0.4) is 0 Å². The number of hydrogen-bond acceptors (Lipinski definition) is 4. The quantitative estimate of drug-likeness (QED) is 0.657. The van der Waals surface area contributed by atoms with Crippen molar-refractivity contribution in [3.63, 3.8) is 0 Å². The van der Waals surface area contributed by atoms with E-state index < -0.39 is 10.5 Å². The van der Waals surface area contributed by atoms with Crippen LogP contribution in [0.4, 0.5) is 11.4 Å². The first-order chi connectivity index (χ1) is 8.69. The molecule has 0 saturated heterocycles. The van der Waals surface area contributed by atoms with Crippen LogP contribution in [0.1, 0.15) is 19.4 Å². The zero-order chi connectivity index (χ0) is 14.8. The third-order valence-corrected chi connectivity index (χ3v) is 3.23. The highest BCUT2D eigenvalue weighted by atomic mass is 35.5. The van der Waals surface area contributed by atoms with E-state index in [1.54, 1.807) is 27.8 Å². The summed E-state index contributed by atoms with van der Waals surface area (Å²) in [4.78, 5) is 22.2. The largest absolute Gasteiger partial charge is 0.324 e. The maximum atomic E-state index is 12.0. The average Bonchev–Trinajstić information content (AvgIpc) is 2.32. The molecule has 104 valence electrons. The lowest BCUT2D eigenvalue weighted by Crippen LogP contribution is -2.48. The summed E-state index contributed by atoms with van der Waals surface area (Å²) in [7, 11) is 1.68. The minimum absolute atomic E-state index is 0.00633. The molecule has 0 aliphatic heterocycles. The summed E-state index contributed by atoms with van der Waals surface area (Å²) in [5, 5.41) is 16.3. The number of nitrogens with zero attached hydrogens (tertiary/aromatic N) is 1. The van der Waals surface area contributed by atoms with Gasteiger partial charge in [-0.25, -0.2) is 0 Å². The highest BCUT2D eigenvalue weighted by molar-refractivity contribution is 6.33. The second-order valence-corrected chi connectivity index (χ2v) is 5.11. The van der Waals surface area contributed by atoms with Gasteiger partial charge in [0.25, 0.3) is 5.69 Å². The van der Waals surface area contributed by atoms with Gasteiger partial charge >= 0.3 is 0 Å². The van der Waals surface area contributed by atoms with E-state index in [2.05, 4.69) is 10.6 Å².